The Bertz CT molecular complexity index is 395. The highest BCUT2D eigenvalue weighted by Crippen LogP contribution is 2.10. The molecule has 94 valence electrons. The van der Waals surface area contributed by atoms with Gasteiger partial charge in [-0.2, -0.15) is 0 Å². The number of rotatable bonds is 3. The fraction of sp³-hybridized carbons (Fsp3) is 0.727. The molecule has 1 aromatic heterocycles. The first kappa shape index (κ1) is 12.0. The molecule has 2 heterocycles. The van der Waals surface area contributed by atoms with E-state index in [1.54, 1.807) is 4.68 Å². The van der Waals surface area contributed by atoms with Gasteiger partial charge in [0.2, 0.25) is 0 Å². The first-order chi connectivity index (χ1) is 8.24. The standard InChI is InChI=1S/C11H19N5O/c1-3-4-9-10(13-14-15(9)2)11(17)16-7-5-12-6-8-16/h12H,3-8H2,1-2H3. The zero-order valence-corrected chi connectivity index (χ0v) is 10.4. The highest BCUT2D eigenvalue weighted by atomic mass is 16.2. The molecule has 0 saturated carbocycles. The molecule has 0 spiro atoms. The van der Waals surface area contributed by atoms with Gasteiger partial charge in [0.05, 0.1) is 5.69 Å². The van der Waals surface area contributed by atoms with Gasteiger partial charge in [0.25, 0.3) is 5.91 Å². The Kier molecular flexibility index (Phi) is 3.73. The van der Waals surface area contributed by atoms with Crippen molar-refractivity contribution in [2.75, 3.05) is 26.2 Å². The van der Waals surface area contributed by atoms with Crippen molar-refractivity contribution in [1.82, 2.24) is 25.2 Å². The molecule has 6 heteroatoms. The van der Waals surface area contributed by atoms with Crippen molar-refractivity contribution in [3.63, 3.8) is 0 Å². The molecular formula is C11H19N5O. The minimum absolute atomic E-state index is 0.0167. The predicted molar refractivity (Wildman–Crippen MR) is 63.8 cm³/mol. The molecule has 0 bridgehead atoms. The van der Waals surface area contributed by atoms with Crippen molar-refractivity contribution in [3.05, 3.63) is 11.4 Å². The number of amides is 1. The van der Waals surface area contributed by atoms with Gasteiger partial charge in [-0.05, 0) is 6.42 Å². The van der Waals surface area contributed by atoms with Crippen LogP contribution in [-0.2, 0) is 13.5 Å². The van der Waals surface area contributed by atoms with Crippen LogP contribution in [0.5, 0.6) is 0 Å². The van der Waals surface area contributed by atoms with Gasteiger partial charge in [-0.1, -0.05) is 18.6 Å². The minimum atomic E-state index is 0.0167. The summed E-state index contributed by atoms with van der Waals surface area (Å²) in [6, 6.07) is 0. The molecule has 6 nitrogen and oxygen atoms in total. The number of carbonyl (C=O) groups is 1. The molecule has 1 aromatic rings. The van der Waals surface area contributed by atoms with Crippen molar-refractivity contribution in [3.8, 4) is 0 Å². The SMILES string of the molecule is CCCc1c(C(=O)N2CCNCC2)nnn1C. The summed E-state index contributed by atoms with van der Waals surface area (Å²) in [5.41, 5.74) is 1.47. The van der Waals surface area contributed by atoms with Gasteiger partial charge >= 0.3 is 0 Å². The van der Waals surface area contributed by atoms with Gasteiger partial charge in [0.1, 0.15) is 0 Å². The second-order valence-corrected chi connectivity index (χ2v) is 4.30. The third kappa shape index (κ3) is 2.46. The molecule has 0 aliphatic carbocycles. The van der Waals surface area contributed by atoms with E-state index in [1.165, 1.54) is 0 Å². The Morgan fingerprint density at radius 2 is 2.12 bits per heavy atom. The van der Waals surface area contributed by atoms with Gasteiger partial charge in [-0.15, -0.1) is 5.10 Å². The summed E-state index contributed by atoms with van der Waals surface area (Å²) in [4.78, 5) is 14.1. The lowest BCUT2D eigenvalue weighted by molar-refractivity contribution is 0.0728. The summed E-state index contributed by atoms with van der Waals surface area (Å²) < 4.78 is 1.71. The Labute approximate surface area is 101 Å². The van der Waals surface area contributed by atoms with E-state index >= 15 is 0 Å². The summed E-state index contributed by atoms with van der Waals surface area (Å²) in [5.74, 6) is 0.0167. The van der Waals surface area contributed by atoms with E-state index in [-0.39, 0.29) is 5.91 Å². The maximum absolute atomic E-state index is 12.3. The molecule has 0 radical (unpaired) electrons. The van der Waals surface area contributed by atoms with E-state index in [0.29, 0.717) is 5.69 Å². The van der Waals surface area contributed by atoms with E-state index in [4.69, 9.17) is 0 Å². The zero-order valence-electron chi connectivity index (χ0n) is 10.4. The lowest BCUT2D eigenvalue weighted by atomic mass is 10.2. The van der Waals surface area contributed by atoms with Crippen molar-refractivity contribution in [1.29, 1.82) is 0 Å². The number of hydrogen-bond acceptors (Lipinski definition) is 4. The van der Waals surface area contributed by atoms with Gasteiger partial charge in [-0.25, -0.2) is 0 Å². The van der Waals surface area contributed by atoms with Crippen LogP contribution in [0.15, 0.2) is 0 Å². The number of carbonyl (C=O) groups excluding carboxylic acids is 1. The number of nitrogens with zero attached hydrogens (tertiary/aromatic N) is 4. The van der Waals surface area contributed by atoms with Gasteiger partial charge in [0, 0.05) is 33.2 Å². The molecule has 1 aliphatic rings. The molecule has 1 saturated heterocycles. The quantitative estimate of drug-likeness (QED) is 0.791. The molecule has 1 aliphatic heterocycles. The van der Waals surface area contributed by atoms with E-state index in [0.717, 1.165) is 44.7 Å². The Morgan fingerprint density at radius 3 is 2.76 bits per heavy atom. The summed E-state index contributed by atoms with van der Waals surface area (Å²) in [5, 5.41) is 11.2. The van der Waals surface area contributed by atoms with Gasteiger partial charge in [-0.3, -0.25) is 9.48 Å². The smallest absolute Gasteiger partial charge is 0.276 e. The van der Waals surface area contributed by atoms with E-state index < -0.39 is 0 Å². The lowest BCUT2D eigenvalue weighted by Gasteiger charge is -2.26. The molecule has 2 rings (SSSR count). The maximum atomic E-state index is 12.3. The average molecular weight is 237 g/mol. The van der Waals surface area contributed by atoms with E-state index in [2.05, 4.69) is 22.6 Å². The highest BCUT2D eigenvalue weighted by molar-refractivity contribution is 5.93. The van der Waals surface area contributed by atoms with Crippen LogP contribution in [0.2, 0.25) is 0 Å². The number of hydrogen-bond donors (Lipinski definition) is 1. The Balaban J connectivity index is 2.17. The largest absolute Gasteiger partial charge is 0.335 e. The van der Waals surface area contributed by atoms with Crippen LogP contribution in [0.4, 0.5) is 0 Å². The molecule has 0 unspecified atom stereocenters. The molecule has 0 atom stereocenters. The molecule has 1 N–H and O–H groups in total. The number of piperazine rings is 1. The first-order valence-corrected chi connectivity index (χ1v) is 6.12. The predicted octanol–water partition coefficient (Wildman–Crippen LogP) is -0.187. The molecule has 1 fully saturated rings. The Morgan fingerprint density at radius 1 is 1.41 bits per heavy atom. The third-order valence-electron chi connectivity index (χ3n) is 3.04. The summed E-state index contributed by atoms with van der Waals surface area (Å²) in [6.45, 7) is 5.30. The fourth-order valence-corrected chi connectivity index (χ4v) is 2.08. The molecule has 1 amide bonds. The van der Waals surface area contributed by atoms with E-state index in [1.807, 2.05) is 11.9 Å². The van der Waals surface area contributed by atoms with Crippen molar-refractivity contribution in [2.45, 2.75) is 19.8 Å². The average Bonchev–Trinajstić information content (AvgIpc) is 2.72. The molecular weight excluding hydrogens is 218 g/mol. The topological polar surface area (TPSA) is 63.1 Å². The van der Waals surface area contributed by atoms with Crippen molar-refractivity contribution >= 4 is 5.91 Å². The van der Waals surface area contributed by atoms with Crippen LogP contribution < -0.4 is 5.32 Å². The van der Waals surface area contributed by atoms with Crippen LogP contribution in [-0.4, -0.2) is 52.0 Å². The van der Waals surface area contributed by atoms with Crippen LogP contribution >= 0.6 is 0 Å². The highest BCUT2D eigenvalue weighted by Gasteiger charge is 2.24. The summed E-state index contributed by atoms with van der Waals surface area (Å²) in [6.07, 6.45) is 1.83. The normalized spacial score (nSPS) is 16.2. The summed E-state index contributed by atoms with van der Waals surface area (Å²) in [7, 11) is 1.84. The number of aromatic nitrogens is 3. The van der Waals surface area contributed by atoms with Crippen LogP contribution in [0.1, 0.15) is 29.5 Å². The first-order valence-electron chi connectivity index (χ1n) is 6.12. The zero-order chi connectivity index (χ0) is 12.3. The lowest BCUT2D eigenvalue weighted by Crippen LogP contribution is -2.46. The second-order valence-electron chi connectivity index (χ2n) is 4.30. The number of nitrogens with one attached hydrogen (secondary N) is 1. The van der Waals surface area contributed by atoms with Gasteiger partial charge < -0.3 is 10.2 Å². The maximum Gasteiger partial charge on any atom is 0.276 e. The van der Waals surface area contributed by atoms with Crippen LogP contribution in [0, 0.1) is 0 Å². The monoisotopic (exact) mass is 237 g/mol. The van der Waals surface area contributed by atoms with Crippen molar-refractivity contribution in [2.24, 2.45) is 7.05 Å². The summed E-state index contributed by atoms with van der Waals surface area (Å²) >= 11 is 0. The van der Waals surface area contributed by atoms with E-state index in [9.17, 15) is 4.79 Å². The fourth-order valence-electron chi connectivity index (χ4n) is 2.08. The molecule has 0 aromatic carbocycles. The molecule has 17 heavy (non-hydrogen) atoms. The van der Waals surface area contributed by atoms with Gasteiger partial charge in [0.15, 0.2) is 5.69 Å². The third-order valence-corrected chi connectivity index (χ3v) is 3.04. The second kappa shape index (κ2) is 5.27. The number of aryl methyl sites for hydroxylation is 1. The van der Waals surface area contributed by atoms with Crippen molar-refractivity contribution < 1.29 is 4.79 Å². The van der Waals surface area contributed by atoms with Crippen LogP contribution in [0.3, 0.4) is 0 Å². The minimum Gasteiger partial charge on any atom is -0.335 e. The Hall–Kier alpha value is -1.43. The van der Waals surface area contributed by atoms with Crippen LogP contribution in [0.25, 0.3) is 0 Å².